The summed E-state index contributed by atoms with van der Waals surface area (Å²) in [4.78, 5) is 18.1. The summed E-state index contributed by atoms with van der Waals surface area (Å²) >= 11 is 3.60. The van der Waals surface area contributed by atoms with Crippen molar-refractivity contribution in [3.63, 3.8) is 0 Å². The summed E-state index contributed by atoms with van der Waals surface area (Å²) in [5.74, 6) is 0.234. The van der Waals surface area contributed by atoms with Crippen molar-refractivity contribution < 1.29 is 15.0 Å². The number of aliphatic hydroxyl groups is 1. The number of aliphatic carboxylic acids is 1. The number of aliphatic hydroxyl groups excluding tert-OH is 1. The normalized spacial score (nSPS) is 25.2. The number of piperidine rings is 1. The van der Waals surface area contributed by atoms with Gasteiger partial charge in [-0.1, -0.05) is 19.3 Å². The number of aromatic nitrogens is 1. The Hall–Kier alpha value is -1.14. The molecule has 2 fully saturated rings. The van der Waals surface area contributed by atoms with Crippen molar-refractivity contribution in [2.45, 2.75) is 52.1 Å². The molecule has 132 valence electrons. The number of hydrogen-bond acceptors (Lipinski definition) is 4. The molecule has 1 unspecified atom stereocenters. The number of hydrogen-bond donors (Lipinski definition) is 2. The summed E-state index contributed by atoms with van der Waals surface area (Å²) < 4.78 is 0.803. The zero-order valence-electron chi connectivity index (χ0n) is 14.3. The monoisotopic (exact) mass is 396 g/mol. The molecule has 2 aliphatic rings. The number of anilines is 1. The molecule has 1 aliphatic carbocycles. The molecule has 5 nitrogen and oxygen atoms in total. The Kier molecular flexibility index (Phi) is 5.16. The molecule has 1 saturated carbocycles. The zero-order chi connectivity index (χ0) is 17.4. The molecular weight excluding hydrogens is 372 g/mol. The van der Waals surface area contributed by atoms with Crippen LogP contribution in [-0.2, 0) is 4.79 Å². The van der Waals surface area contributed by atoms with Gasteiger partial charge in [0.05, 0.1) is 15.9 Å². The van der Waals surface area contributed by atoms with Gasteiger partial charge in [-0.2, -0.15) is 0 Å². The van der Waals surface area contributed by atoms with Crippen LogP contribution in [0.2, 0.25) is 0 Å². The molecule has 3 atom stereocenters. The second-order valence-corrected chi connectivity index (χ2v) is 7.93. The molecule has 2 heterocycles. The van der Waals surface area contributed by atoms with E-state index in [4.69, 9.17) is 0 Å². The van der Waals surface area contributed by atoms with Crippen molar-refractivity contribution in [1.29, 1.82) is 0 Å². The average Bonchev–Trinajstić information content (AvgIpc) is 2.56. The lowest BCUT2D eigenvalue weighted by atomic mass is 9.75. The van der Waals surface area contributed by atoms with E-state index in [1.165, 1.54) is 25.7 Å². The molecule has 3 rings (SSSR count). The molecule has 2 N–H and O–H groups in total. The van der Waals surface area contributed by atoms with E-state index in [-0.39, 0.29) is 0 Å². The van der Waals surface area contributed by atoms with Crippen LogP contribution in [-0.4, -0.2) is 34.3 Å². The molecule has 0 amide bonds. The van der Waals surface area contributed by atoms with Gasteiger partial charge in [0.15, 0.2) is 6.10 Å². The molecule has 0 radical (unpaired) electrons. The van der Waals surface area contributed by atoms with Gasteiger partial charge < -0.3 is 15.1 Å². The smallest absolute Gasteiger partial charge is 0.337 e. The van der Waals surface area contributed by atoms with Crippen LogP contribution in [0.15, 0.2) is 4.47 Å². The Labute approximate surface area is 151 Å². The quantitative estimate of drug-likeness (QED) is 0.816. The van der Waals surface area contributed by atoms with E-state index in [1.807, 2.05) is 6.92 Å². The highest BCUT2D eigenvalue weighted by Crippen LogP contribution is 2.43. The first-order valence-corrected chi connectivity index (χ1v) is 9.51. The fraction of sp³-hybridized carbons (Fsp3) is 0.667. The topological polar surface area (TPSA) is 73.7 Å². The summed E-state index contributed by atoms with van der Waals surface area (Å²) in [7, 11) is 0. The van der Waals surface area contributed by atoms with Gasteiger partial charge in [-0.3, -0.25) is 4.98 Å². The number of carbonyl (C=O) groups is 1. The maximum absolute atomic E-state index is 11.4. The highest BCUT2D eigenvalue weighted by Gasteiger charge is 2.35. The number of nitrogens with zero attached hydrogens (tertiary/aromatic N) is 2. The molecule has 1 aliphatic heterocycles. The highest BCUT2D eigenvalue weighted by molar-refractivity contribution is 9.10. The summed E-state index contributed by atoms with van der Waals surface area (Å²) in [6.07, 6.45) is 4.78. The minimum absolute atomic E-state index is 0.425. The Morgan fingerprint density at radius 3 is 2.54 bits per heavy atom. The minimum Gasteiger partial charge on any atom is -0.479 e. The number of carboxylic acids is 1. The number of fused-ring (bicyclic) bond motifs is 1. The van der Waals surface area contributed by atoms with Crippen LogP contribution in [0.1, 0.15) is 55.2 Å². The van der Waals surface area contributed by atoms with E-state index in [0.717, 1.165) is 41.3 Å². The van der Waals surface area contributed by atoms with Gasteiger partial charge in [-0.25, -0.2) is 4.79 Å². The molecule has 1 saturated heterocycles. The number of rotatable bonds is 3. The second-order valence-electron chi connectivity index (χ2n) is 7.14. The summed E-state index contributed by atoms with van der Waals surface area (Å²) in [5, 5.41) is 19.6. The predicted molar refractivity (Wildman–Crippen MR) is 96.3 cm³/mol. The predicted octanol–water partition coefficient (Wildman–Crippen LogP) is 3.60. The molecular formula is C18H25BrN2O3. The van der Waals surface area contributed by atoms with Crippen LogP contribution in [0.4, 0.5) is 5.69 Å². The molecule has 1 aromatic heterocycles. The van der Waals surface area contributed by atoms with Crippen LogP contribution in [0.25, 0.3) is 0 Å². The first-order chi connectivity index (χ1) is 11.4. The van der Waals surface area contributed by atoms with Gasteiger partial charge in [-0.05, 0) is 54.5 Å². The van der Waals surface area contributed by atoms with Crippen molar-refractivity contribution in [3.05, 3.63) is 21.4 Å². The van der Waals surface area contributed by atoms with Crippen LogP contribution in [0.3, 0.4) is 0 Å². The lowest BCUT2D eigenvalue weighted by Gasteiger charge is -2.43. The van der Waals surface area contributed by atoms with Crippen molar-refractivity contribution >= 4 is 27.6 Å². The van der Waals surface area contributed by atoms with E-state index < -0.39 is 12.1 Å². The molecule has 0 bridgehead atoms. The van der Waals surface area contributed by atoms with Gasteiger partial charge in [0, 0.05) is 24.3 Å². The number of halogens is 1. The molecule has 6 heteroatoms. The van der Waals surface area contributed by atoms with Crippen LogP contribution >= 0.6 is 15.9 Å². The van der Waals surface area contributed by atoms with Crippen molar-refractivity contribution in [2.24, 2.45) is 11.8 Å². The third kappa shape index (κ3) is 3.18. The summed E-state index contributed by atoms with van der Waals surface area (Å²) in [6.45, 7) is 5.52. The lowest BCUT2D eigenvalue weighted by Crippen LogP contribution is -2.42. The van der Waals surface area contributed by atoms with E-state index >= 15 is 0 Å². The average molecular weight is 397 g/mol. The first-order valence-electron chi connectivity index (χ1n) is 8.72. The summed E-state index contributed by atoms with van der Waals surface area (Å²) in [5.41, 5.74) is 2.66. The van der Waals surface area contributed by atoms with E-state index in [9.17, 15) is 15.0 Å². The van der Waals surface area contributed by atoms with Gasteiger partial charge in [0.1, 0.15) is 0 Å². The van der Waals surface area contributed by atoms with Gasteiger partial charge in [0.25, 0.3) is 0 Å². The standard InChI is InChI=1S/C18H25BrN2O3/c1-10-14(17(22)18(23)24)16(15(19)11(2)20-10)21-8-7-12-5-3-4-6-13(12)9-21/h12-13,17,22H,3-9H2,1-2H3,(H,23,24)/t12-,13+,17?/m1/s1. The first kappa shape index (κ1) is 17.7. The molecule has 0 spiro atoms. The molecule has 0 aromatic carbocycles. The SMILES string of the molecule is Cc1nc(C)c(C(O)C(=O)O)c(N2CC[C@H]3CCCC[C@H]3C2)c1Br. The second kappa shape index (κ2) is 7.00. The molecule has 24 heavy (non-hydrogen) atoms. The minimum atomic E-state index is -1.55. The Balaban J connectivity index is 2.01. The Morgan fingerprint density at radius 2 is 1.88 bits per heavy atom. The van der Waals surface area contributed by atoms with E-state index in [2.05, 4.69) is 25.8 Å². The maximum Gasteiger partial charge on any atom is 0.337 e. The Morgan fingerprint density at radius 1 is 1.21 bits per heavy atom. The van der Waals surface area contributed by atoms with E-state index in [0.29, 0.717) is 17.2 Å². The lowest BCUT2D eigenvalue weighted by molar-refractivity contribution is -0.147. The fourth-order valence-corrected chi connectivity index (χ4v) is 4.94. The summed E-state index contributed by atoms with van der Waals surface area (Å²) in [6, 6.07) is 0. The Bertz CT molecular complexity index is 650. The van der Waals surface area contributed by atoms with Crippen molar-refractivity contribution in [2.75, 3.05) is 18.0 Å². The highest BCUT2D eigenvalue weighted by atomic mass is 79.9. The molecule has 1 aromatic rings. The van der Waals surface area contributed by atoms with Crippen LogP contribution < -0.4 is 4.90 Å². The number of pyridine rings is 1. The van der Waals surface area contributed by atoms with E-state index in [1.54, 1.807) is 6.92 Å². The third-order valence-corrected chi connectivity index (χ3v) is 6.57. The van der Waals surface area contributed by atoms with Crippen LogP contribution in [0.5, 0.6) is 0 Å². The van der Waals surface area contributed by atoms with Crippen molar-refractivity contribution in [3.8, 4) is 0 Å². The maximum atomic E-state index is 11.4. The van der Waals surface area contributed by atoms with Gasteiger partial charge in [-0.15, -0.1) is 0 Å². The number of carboxylic acid groups (broad SMARTS) is 1. The van der Waals surface area contributed by atoms with Gasteiger partial charge in [0.2, 0.25) is 0 Å². The fourth-order valence-electron chi connectivity index (χ4n) is 4.39. The zero-order valence-corrected chi connectivity index (χ0v) is 15.8. The number of aryl methyl sites for hydroxylation is 2. The van der Waals surface area contributed by atoms with Crippen LogP contribution in [0, 0.1) is 25.7 Å². The van der Waals surface area contributed by atoms with Crippen molar-refractivity contribution in [1.82, 2.24) is 4.98 Å². The van der Waals surface area contributed by atoms with Gasteiger partial charge >= 0.3 is 5.97 Å². The third-order valence-electron chi connectivity index (χ3n) is 5.62. The largest absolute Gasteiger partial charge is 0.479 e.